The van der Waals surface area contributed by atoms with Crippen molar-refractivity contribution in [2.45, 2.75) is 57.6 Å². The molecule has 2 unspecified atom stereocenters. The topological polar surface area (TPSA) is 23.5 Å². The molecule has 1 aliphatic heterocycles. The van der Waals surface area contributed by atoms with E-state index in [1.54, 1.807) is 0 Å². The number of anilines is 1. The normalized spacial score (nSPS) is 28.2. The van der Waals surface area contributed by atoms with Gasteiger partial charge in [-0.2, -0.15) is 0 Å². The molecule has 0 spiro atoms. The fourth-order valence-corrected chi connectivity index (χ4v) is 3.85. The maximum Gasteiger partial charge on any atom is 0.0787 e. The molecule has 0 aromatic heterocycles. The summed E-state index contributed by atoms with van der Waals surface area (Å²) in [6.07, 6.45) is 7.45. The van der Waals surface area contributed by atoms with Crippen LogP contribution in [0.4, 0.5) is 5.69 Å². The van der Waals surface area contributed by atoms with E-state index >= 15 is 0 Å². The molecule has 2 heteroatoms. The number of rotatable bonds is 3. The zero-order chi connectivity index (χ0) is 13.2. The second-order valence-electron chi connectivity index (χ2n) is 6.11. The number of aliphatic hydroxyl groups is 1. The van der Waals surface area contributed by atoms with Crippen molar-refractivity contribution in [3.8, 4) is 0 Å². The third-order valence-electron chi connectivity index (χ3n) is 5.01. The Labute approximate surface area is 116 Å². The highest BCUT2D eigenvalue weighted by molar-refractivity contribution is 5.50. The second kappa shape index (κ2) is 5.54. The van der Waals surface area contributed by atoms with Gasteiger partial charge in [0, 0.05) is 18.3 Å². The summed E-state index contributed by atoms with van der Waals surface area (Å²) in [6.45, 7) is 3.23. The Kier molecular flexibility index (Phi) is 3.79. The predicted octanol–water partition coefficient (Wildman–Crippen LogP) is 3.90. The van der Waals surface area contributed by atoms with E-state index in [9.17, 15) is 5.11 Å². The summed E-state index contributed by atoms with van der Waals surface area (Å²) < 4.78 is 0. The van der Waals surface area contributed by atoms with Crippen molar-refractivity contribution in [1.29, 1.82) is 0 Å². The van der Waals surface area contributed by atoms with Gasteiger partial charge in [0.25, 0.3) is 0 Å². The molecule has 1 heterocycles. The molecule has 1 aromatic rings. The highest BCUT2D eigenvalue weighted by Crippen LogP contribution is 2.38. The lowest BCUT2D eigenvalue weighted by Gasteiger charge is -2.33. The first-order valence-electron chi connectivity index (χ1n) is 7.84. The van der Waals surface area contributed by atoms with E-state index in [1.165, 1.54) is 44.3 Å². The van der Waals surface area contributed by atoms with E-state index in [0.717, 1.165) is 23.9 Å². The van der Waals surface area contributed by atoms with Crippen LogP contribution >= 0.6 is 0 Å². The first kappa shape index (κ1) is 13.0. The average Bonchev–Trinajstić information content (AvgIpc) is 2.90. The minimum Gasteiger partial charge on any atom is -0.388 e. The fraction of sp³-hybridized carbons (Fsp3) is 0.647. The van der Waals surface area contributed by atoms with Gasteiger partial charge in [0.05, 0.1) is 6.10 Å². The molecule has 0 radical (unpaired) electrons. The van der Waals surface area contributed by atoms with Crippen LogP contribution in [0.15, 0.2) is 24.3 Å². The van der Waals surface area contributed by atoms with Crippen LogP contribution in [0.5, 0.6) is 0 Å². The van der Waals surface area contributed by atoms with Crippen molar-refractivity contribution >= 4 is 5.69 Å². The fourth-order valence-electron chi connectivity index (χ4n) is 3.85. The molecular weight excluding hydrogens is 234 g/mol. The summed E-state index contributed by atoms with van der Waals surface area (Å²) in [5, 5.41) is 9.86. The van der Waals surface area contributed by atoms with Crippen LogP contribution in [0.1, 0.15) is 57.1 Å². The third-order valence-corrected chi connectivity index (χ3v) is 5.01. The Bertz CT molecular complexity index is 414. The predicted molar refractivity (Wildman–Crippen MR) is 79.4 cm³/mol. The Morgan fingerprint density at radius 2 is 1.89 bits per heavy atom. The van der Waals surface area contributed by atoms with Crippen LogP contribution in [0.2, 0.25) is 0 Å². The van der Waals surface area contributed by atoms with Crippen LogP contribution in [0, 0.1) is 5.92 Å². The number of benzene rings is 1. The Hall–Kier alpha value is -1.02. The van der Waals surface area contributed by atoms with Gasteiger partial charge >= 0.3 is 0 Å². The van der Waals surface area contributed by atoms with E-state index in [1.807, 2.05) is 6.92 Å². The average molecular weight is 259 g/mol. The summed E-state index contributed by atoms with van der Waals surface area (Å²) in [7, 11) is 0. The smallest absolute Gasteiger partial charge is 0.0787 e. The highest BCUT2D eigenvalue weighted by Gasteiger charge is 2.35. The Morgan fingerprint density at radius 1 is 1.16 bits per heavy atom. The van der Waals surface area contributed by atoms with Crippen LogP contribution in [0.25, 0.3) is 0 Å². The number of hydrogen-bond acceptors (Lipinski definition) is 2. The lowest BCUT2D eigenvalue weighted by molar-refractivity contribution is 0.173. The van der Waals surface area contributed by atoms with Gasteiger partial charge in [-0.25, -0.2) is 0 Å². The van der Waals surface area contributed by atoms with Gasteiger partial charge in [-0.05, 0) is 49.3 Å². The van der Waals surface area contributed by atoms with Gasteiger partial charge in [0.2, 0.25) is 0 Å². The summed E-state index contributed by atoms with van der Waals surface area (Å²) in [4.78, 5) is 2.60. The molecule has 1 aliphatic carbocycles. The highest BCUT2D eigenvalue weighted by atomic mass is 16.3. The third kappa shape index (κ3) is 2.51. The minimum absolute atomic E-state index is 0.310. The maximum atomic E-state index is 9.86. The van der Waals surface area contributed by atoms with E-state index in [0.29, 0.717) is 0 Å². The molecule has 2 aliphatic rings. The first-order chi connectivity index (χ1) is 9.29. The SMILES string of the molecule is CC[C@@H](O)c1ccc(N2CCC3CCCCC32)cc1. The molecule has 1 saturated carbocycles. The molecule has 2 nitrogen and oxygen atoms in total. The van der Waals surface area contributed by atoms with E-state index in [-0.39, 0.29) is 6.10 Å². The molecule has 1 aromatic carbocycles. The van der Waals surface area contributed by atoms with Gasteiger partial charge < -0.3 is 10.0 Å². The maximum absolute atomic E-state index is 9.86. The van der Waals surface area contributed by atoms with E-state index in [2.05, 4.69) is 29.2 Å². The lowest BCUT2D eigenvalue weighted by atomic mass is 9.85. The van der Waals surface area contributed by atoms with Crippen LogP contribution < -0.4 is 4.90 Å². The number of nitrogens with zero attached hydrogens (tertiary/aromatic N) is 1. The Balaban J connectivity index is 1.75. The first-order valence-corrected chi connectivity index (χ1v) is 7.84. The van der Waals surface area contributed by atoms with Crippen molar-refractivity contribution in [1.82, 2.24) is 0 Å². The Morgan fingerprint density at radius 3 is 2.63 bits per heavy atom. The summed E-state index contributed by atoms with van der Waals surface area (Å²) >= 11 is 0. The molecular formula is C17H25NO. The molecule has 3 rings (SSSR count). The summed E-state index contributed by atoms with van der Waals surface area (Å²) in [5.74, 6) is 0.926. The number of aliphatic hydroxyl groups excluding tert-OH is 1. The molecule has 0 amide bonds. The number of fused-ring (bicyclic) bond motifs is 1. The van der Waals surface area contributed by atoms with Crippen LogP contribution in [-0.2, 0) is 0 Å². The van der Waals surface area contributed by atoms with Gasteiger partial charge in [-0.1, -0.05) is 31.9 Å². The minimum atomic E-state index is -0.310. The molecule has 104 valence electrons. The zero-order valence-corrected chi connectivity index (χ0v) is 11.9. The molecule has 0 bridgehead atoms. The lowest BCUT2D eigenvalue weighted by Crippen LogP contribution is -2.34. The van der Waals surface area contributed by atoms with E-state index < -0.39 is 0 Å². The van der Waals surface area contributed by atoms with E-state index in [4.69, 9.17) is 0 Å². The summed E-state index contributed by atoms with van der Waals surface area (Å²) in [5.41, 5.74) is 2.40. The second-order valence-corrected chi connectivity index (χ2v) is 6.11. The molecule has 1 saturated heterocycles. The summed E-state index contributed by atoms with van der Waals surface area (Å²) in [6, 6.07) is 9.37. The monoisotopic (exact) mass is 259 g/mol. The van der Waals surface area contributed by atoms with Gasteiger partial charge in [0.1, 0.15) is 0 Å². The number of hydrogen-bond donors (Lipinski definition) is 1. The standard InChI is InChI=1S/C17H25NO/c1-2-17(19)14-7-9-15(10-8-14)18-12-11-13-5-3-4-6-16(13)18/h7-10,13,16-17,19H,2-6,11-12H2,1H3/t13?,16?,17-/m1/s1. The van der Waals surface area contributed by atoms with Crippen molar-refractivity contribution in [3.63, 3.8) is 0 Å². The van der Waals surface area contributed by atoms with Crippen molar-refractivity contribution in [2.75, 3.05) is 11.4 Å². The largest absolute Gasteiger partial charge is 0.388 e. The molecule has 1 N–H and O–H groups in total. The van der Waals surface area contributed by atoms with Gasteiger partial charge in [-0.3, -0.25) is 0 Å². The van der Waals surface area contributed by atoms with Crippen molar-refractivity contribution < 1.29 is 5.11 Å². The van der Waals surface area contributed by atoms with Crippen LogP contribution in [-0.4, -0.2) is 17.7 Å². The van der Waals surface area contributed by atoms with Crippen molar-refractivity contribution in [3.05, 3.63) is 29.8 Å². The quantitative estimate of drug-likeness (QED) is 0.890. The molecule has 19 heavy (non-hydrogen) atoms. The molecule has 2 fully saturated rings. The van der Waals surface area contributed by atoms with Gasteiger partial charge in [0.15, 0.2) is 0 Å². The van der Waals surface area contributed by atoms with Gasteiger partial charge in [-0.15, -0.1) is 0 Å². The van der Waals surface area contributed by atoms with Crippen LogP contribution in [0.3, 0.4) is 0 Å². The zero-order valence-electron chi connectivity index (χ0n) is 11.9. The van der Waals surface area contributed by atoms with Crippen molar-refractivity contribution in [2.24, 2.45) is 5.92 Å². The molecule has 3 atom stereocenters.